The van der Waals surface area contributed by atoms with Crippen molar-refractivity contribution in [2.75, 3.05) is 14.1 Å². The minimum atomic E-state index is 0.805. The Morgan fingerprint density at radius 1 is 1.43 bits per heavy atom. The number of nitrogens with zero attached hydrogens (tertiary/aromatic N) is 1. The lowest BCUT2D eigenvalue weighted by atomic mass is 10.0. The van der Waals surface area contributed by atoms with Gasteiger partial charge in [0.1, 0.15) is 0 Å². The second-order valence-corrected chi connectivity index (χ2v) is 4.21. The Hall–Kier alpha value is -0.720. The van der Waals surface area contributed by atoms with Gasteiger partial charge >= 0.3 is 0 Å². The van der Waals surface area contributed by atoms with E-state index in [1.54, 1.807) is 0 Å². The predicted molar refractivity (Wildman–Crippen MR) is 65.3 cm³/mol. The zero-order valence-corrected chi connectivity index (χ0v) is 10.2. The van der Waals surface area contributed by atoms with Gasteiger partial charge in [0.25, 0.3) is 0 Å². The molecule has 1 atom stereocenters. The van der Waals surface area contributed by atoms with Gasteiger partial charge in [-0.15, -0.1) is 6.58 Å². The van der Waals surface area contributed by atoms with Gasteiger partial charge in [-0.05, 0) is 12.3 Å². The molecule has 82 valence electrons. The van der Waals surface area contributed by atoms with Crippen LogP contribution in [0.1, 0.15) is 39.5 Å². The van der Waals surface area contributed by atoms with Crippen molar-refractivity contribution in [1.82, 2.24) is 4.90 Å². The zero-order valence-electron chi connectivity index (χ0n) is 10.2. The minimum Gasteiger partial charge on any atom is -0.381 e. The van der Waals surface area contributed by atoms with Crippen LogP contribution in [-0.2, 0) is 0 Å². The van der Waals surface area contributed by atoms with E-state index < -0.39 is 0 Å². The third kappa shape index (κ3) is 5.85. The highest BCUT2D eigenvalue weighted by molar-refractivity contribution is 5.04. The van der Waals surface area contributed by atoms with Crippen molar-refractivity contribution in [2.24, 2.45) is 5.92 Å². The van der Waals surface area contributed by atoms with Gasteiger partial charge in [-0.1, -0.05) is 38.8 Å². The van der Waals surface area contributed by atoms with Gasteiger partial charge in [0.2, 0.25) is 0 Å². The Balaban J connectivity index is 4.07. The molecule has 14 heavy (non-hydrogen) atoms. The first-order chi connectivity index (χ1) is 6.61. The molecule has 1 nitrogen and oxygen atoms in total. The molecule has 0 fully saturated rings. The molecule has 0 radical (unpaired) electrons. The molecule has 0 heterocycles. The van der Waals surface area contributed by atoms with Gasteiger partial charge in [0, 0.05) is 26.2 Å². The van der Waals surface area contributed by atoms with E-state index in [-0.39, 0.29) is 0 Å². The van der Waals surface area contributed by atoms with Crippen LogP contribution in [0.15, 0.2) is 24.4 Å². The van der Waals surface area contributed by atoms with Crippen LogP contribution in [0.25, 0.3) is 0 Å². The van der Waals surface area contributed by atoms with Gasteiger partial charge in [-0.2, -0.15) is 0 Å². The topological polar surface area (TPSA) is 3.24 Å². The van der Waals surface area contributed by atoms with E-state index in [1.807, 2.05) is 6.08 Å². The lowest BCUT2D eigenvalue weighted by Gasteiger charge is -2.17. The monoisotopic (exact) mass is 195 g/mol. The largest absolute Gasteiger partial charge is 0.381 e. The molecule has 0 bridgehead atoms. The molecule has 0 aromatic carbocycles. The summed E-state index contributed by atoms with van der Waals surface area (Å²) < 4.78 is 0. The summed E-state index contributed by atoms with van der Waals surface area (Å²) in [7, 11) is 4.19. The maximum atomic E-state index is 3.78. The molecule has 0 saturated carbocycles. The highest BCUT2D eigenvalue weighted by Gasteiger charge is 2.01. The average molecular weight is 195 g/mol. The lowest BCUT2D eigenvalue weighted by molar-refractivity contribution is 0.482. The molecule has 1 heteroatoms. The quantitative estimate of drug-likeness (QED) is 0.558. The normalized spacial score (nSPS) is 13.9. The maximum absolute atomic E-state index is 3.78. The molecular formula is C13H25N. The van der Waals surface area contributed by atoms with E-state index in [0.29, 0.717) is 0 Å². The molecule has 0 saturated heterocycles. The SMILES string of the molecule is C=CC/C(=C\CC(C)CCC)N(C)C. The summed E-state index contributed by atoms with van der Waals surface area (Å²) in [5, 5.41) is 0. The van der Waals surface area contributed by atoms with E-state index in [0.717, 1.165) is 12.3 Å². The second-order valence-electron chi connectivity index (χ2n) is 4.21. The molecule has 0 spiro atoms. The van der Waals surface area contributed by atoms with E-state index in [1.165, 1.54) is 25.0 Å². The van der Waals surface area contributed by atoms with Gasteiger partial charge in [0.05, 0.1) is 0 Å². The first-order valence-electron chi connectivity index (χ1n) is 5.59. The van der Waals surface area contributed by atoms with Gasteiger partial charge in [0.15, 0.2) is 0 Å². The molecule has 0 aromatic heterocycles. The van der Waals surface area contributed by atoms with Gasteiger partial charge < -0.3 is 4.90 Å². The van der Waals surface area contributed by atoms with E-state index in [4.69, 9.17) is 0 Å². The van der Waals surface area contributed by atoms with Crippen molar-refractivity contribution in [1.29, 1.82) is 0 Å². The standard InChI is InChI=1S/C13H25N/c1-6-8-12(3)10-11-13(9-7-2)14(4)5/h7,11-12H,2,6,8-10H2,1,3-5H3/b13-11+. The van der Waals surface area contributed by atoms with Crippen molar-refractivity contribution in [3.8, 4) is 0 Å². The summed E-state index contributed by atoms with van der Waals surface area (Å²) in [6.45, 7) is 8.35. The smallest absolute Gasteiger partial charge is 0.0125 e. The summed E-state index contributed by atoms with van der Waals surface area (Å²) in [6, 6.07) is 0. The van der Waals surface area contributed by atoms with Crippen molar-refractivity contribution >= 4 is 0 Å². The van der Waals surface area contributed by atoms with Crippen LogP contribution in [-0.4, -0.2) is 19.0 Å². The zero-order chi connectivity index (χ0) is 11.0. The summed E-state index contributed by atoms with van der Waals surface area (Å²) in [4.78, 5) is 2.18. The van der Waals surface area contributed by atoms with Crippen LogP contribution in [0.2, 0.25) is 0 Å². The van der Waals surface area contributed by atoms with Crippen LogP contribution in [0.4, 0.5) is 0 Å². The maximum Gasteiger partial charge on any atom is 0.0125 e. The van der Waals surface area contributed by atoms with Crippen molar-refractivity contribution in [3.63, 3.8) is 0 Å². The third-order valence-corrected chi connectivity index (χ3v) is 2.47. The molecule has 1 unspecified atom stereocenters. The number of allylic oxidation sites excluding steroid dienone is 2. The van der Waals surface area contributed by atoms with Crippen LogP contribution < -0.4 is 0 Å². The predicted octanol–water partition coefficient (Wildman–Crippen LogP) is 3.83. The fourth-order valence-electron chi connectivity index (χ4n) is 1.54. The number of hydrogen-bond donors (Lipinski definition) is 0. The minimum absolute atomic E-state index is 0.805. The fraction of sp³-hybridized carbons (Fsp3) is 0.692. The van der Waals surface area contributed by atoms with Crippen LogP contribution in [0.5, 0.6) is 0 Å². The van der Waals surface area contributed by atoms with Crippen molar-refractivity contribution < 1.29 is 0 Å². The number of hydrogen-bond acceptors (Lipinski definition) is 1. The Bertz CT molecular complexity index is 180. The Morgan fingerprint density at radius 3 is 2.50 bits per heavy atom. The first kappa shape index (κ1) is 13.3. The molecule has 0 aromatic rings. The van der Waals surface area contributed by atoms with Gasteiger partial charge in [-0.25, -0.2) is 0 Å². The summed E-state index contributed by atoms with van der Waals surface area (Å²) >= 11 is 0. The highest BCUT2D eigenvalue weighted by atomic mass is 15.1. The van der Waals surface area contributed by atoms with E-state index >= 15 is 0 Å². The van der Waals surface area contributed by atoms with Crippen LogP contribution in [0, 0.1) is 5.92 Å². The fourth-order valence-corrected chi connectivity index (χ4v) is 1.54. The highest BCUT2D eigenvalue weighted by Crippen LogP contribution is 2.14. The first-order valence-corrected chi connectivity index (χ1v) is 5.59. The Morgan fingerprint density at radius 2 is 2.07 bits per heavy atom. The molecule has 0 N–H and O–H groups in total. The van der Waals surface area contributed by atoms with E-state index in [2.05, 4.69) is 45.5 Å². The Kier molecular flexibility index (Phi) is 7.27. The average Bonchev–Trinajstić information content (AvgIpc) is 2.12. The summed E-state index contributed by atoms with van der Waals surface area (Å²) in [5.41, 5.74) is 1.38. The van der Waals surface area contributed by atoms with Crippen molar-refractivity contribution in [2.45, 2.75) is 39.5 Å². The molecule has 0 aliphatic carbocycles. The molecule has 0 rings (SSSR count). The van der Waals surface area contributed by atoms with Crippen LogP contribution >= 0.6 is 0 Å². The van der Waals surface area contributed by atoms with E-state index in [9.17, 15) is 0 Å². The molecule has 0 amide bonds. The molecular weight excluding hydrogens is 170 g/mol. The Labute approximate surface area is 89.5 Å². The summed E-state index contributed by atoms with van der Waals surface area (Å²) in [6.07, 6.45) is 9.10. The van der Waals surface area contributed by atoms with Gasteiger partial charge in [-0.3, -0.25) is 0 Å². The van der Waals surface area contributed by atoms with Crippen molar-refractivity contribution in [3.05, 3.63) is 24.4 Å². The number of rotatable bonds is 7. The summed E-state index contributed by atoms with van der Waals surface area (Å²) in [5.74, 6) is 0.805. The molecule has 0 aliphatic rings. The molecule has 0 aliphatic heterocycles. The lowest BCUT2D eigenvalue weighted by Crippen LogP contribution is -2.10. The van der Waals surface area contributed by atoms with Crippen LogP contribution in [0.3, 0.4) is 0 Å². The second kappa shape index (κ2) is 7.66. The third-order valence-electron chi connectivity index (χ3n) is 2.47.